The van der Waals surface area contributed by atoms with E-state index in [-0.39, 0.29) is 0 Å². The fourth-order valence-electron chi connectivity index (χ4n) is 2.41. The summed E-state index contributed by atoms with van der Waals surface area (Å²) in [4.78, 5) is 12.6. The van der Waals surface area contributed by atoms with Crippen LogP contribution in [0.3, 0.4) is 0 Å². The molecule has 7 nitrogen and oxygen atoms in total. The van der Waals surface area contributed by atoms with Gasteiger partial charge in [0.2, 0.25) is 0 Å². The van der Waals surface area contributed by atoms with Crippen LogP contribution in [0, 0.1) is 0 Å². The summed E-state index contributed by atoms with van der Waals surface area (Å²) in [6, 6.07) is 7.97. The maximum absolute atomic E-state index is 5.85. The van der Waals surface area contributed by atoms with Crippen molar-refractivity contribution < 1.29 is 0 Å². The number of hydrogen-bond acceptors (Lipinski definition) is 5. The molecule has 0 unspecified atom stereocenters. The predicted molar refractivity (Wildman–Crippen MR) is 83.3 cm³/mol. The van der Waals surface area contributed by atoms with Gasteiger partial charge in [-0.05, 0) is 12.1 Å². The van der Waals surface area contributed by atoms with Gasteiger partial charge < -0.3 is 10.3 Å². The number of aromatic nitrogens is 6. The number of nitrogen functional groups attached to an aromatic ring is 1. The summed E-state index contributed by atoms with van der Waals surface area (Å²) < 4.78 is 3.67. The van der Waals surface area contributed by atoms with E-state index in [0.717, 1.165) is 22.3 Å². The number of fused-ring (bicyclic) bond motifs is 1. The lowest BCUT2D eigenvalue weighted by Crippen LogP contribution is -1.99. The molecular formula is C15H13N7. The lowest BCUT2D eigenvalue weighted by atomic mass is 10.1. The van der Waals surface area contributed by atoms with Crippen molar-refractivity contribution in [2.24, 2.45) is 7.05 Å². The Labute approximate surface area is 126 Å². The number of nitrogens with zero attached hydrogens (tertiary/aromatic N) is 6. The number of rotatable bonds is 2. The minimum absolute atomic E-state index is 0.428. The van der Waals surface area contributed by atoms with Gasteiger partial charge in [-0.1, -0.05) is 12.1 Å². The molecule has 4 rings (SSSR count). The van der Waals surface area contributed by atoms with E-state index in [9.17, 15) is 0 Å². The first-order valence-electron chi connectivity index (χ1n) is 6.75. The van der Waals surface area contributed by atoms with Gasteiger partial charge in [-0.3, -0.25) is 0 Å². The lowest BCUT2D eigenvalue weighted by Gasteiger charge is -2.05. The van der Waals surface area contributed by atoms with E-state index in [0.29, 0.717) is 11.5 Å². The Bertz CT molecular complexity index is 967. The van der Waals surface area contributed by atoms with Crippen LogP contribution in [0.1, 0.15) is 0 Å². The van der Waals surface area contributed by atoms with E-state index in [1.165, 1.54) is 6.33 Å². The molecule has 0 spiro atoms. The number of anilines is 1. The Balaban J connectivity index is 1.87. The van der Waals surface area contributed by atoms with Crippen LogP contribution in [-0.2, 0) is 7.05 Å². The Hall–Kier alpha value is -3.22. The molecule has 0 aliphatic rings. The molecule has 0 aliphatic heterocycles. The van der Waals surface area contributed by atoms with Crippen LogP contribution < -0.4 is 5.73 Å². The average Bonchev–Trinajstić information content (AvgIpc) is 3.15. The van der Waals surface area contributed by atoms with Crippen molar-refractivity contribution in [2.75, 3.05) is 5.73 Å². The van der Waals surface area contributed by atoms with Crippen molar-refractivity contribution in [3.05, 3.63) is 49.3 Å². The summed E-state index contributed by atoms with van der Waals surface area (Å²) in [5.41, 5.74) is 9.37. The SMILES string of the molecule is Cn1cnc(-c2cccc(-n3ncc4c(N)ncnc43)c2)c1. The Morgan fingerprint density at radius 3 is 2.86 bits per heavy atom. The van der Waals surface area contributed by atoms with Gasteiger partial charge in [0.05, 0.1) is 29.3 Å². The molecule has 3 heterocycles. The van der Waals surface area contributed by atoms with E-state index in [2.05, 4.69) is 20.1 Å². The molecule has 0 fully saturated rings. The molecule has 7 heteroatoms. The molecule has 1 aromatic carbocycles. The quantitative estimate of drug-likeness (QED) is 0.608. The summed E-state index contributed by atoms with van der Waals surface area (Å²) in [7, 11) is 1.95. The standard InChI is InChI=1S/C15H13N7/c1-21-7-13(19-9-21)10-3-2-4-11(5-10)22-15-12(6-20-22)14(16)17-8-18-15/h2-9H,1H3,(H2,16,17,18). The largest absolute Gasteiger partial charge is 0.383 e. The summed E-state index contributed by atoms with van der Waals surface area (Å²) in [5.74, 6) is 0.428. The van der Waals surface area contributed by atoms with Crippen molar-refractivity contribution in [1.29, 1.82) is 0 Å². The lowest BCUT2D eigenvalue weighted by molar-refractivity contribution is 0.895. The third-order valence-electron chi connectivity index (χ3n) is 3.49. The Morgan fingerprint density at radius 2 is 2.05 bits per heavy atom. The Kier molecular flexibility index (Phi) is 2.65. The fraction of sp³-hybridized carbons (Fsp3) is 0.0667. The zero-order valence-corrected chi connectivity index (χ0v) is 11.9. The summed E-state index contributed by atoms with van der Waals surface area (Å²) in [6.07, 6.45) is 6.87. The highest BCUT2D eigenvalue weighted by Gasteiger charge is 2.10. The van der Waals surface area contributed by atoms with E-state index in [1.807, 2.05) is 42.1 Å². The van der Waals surface area contributed by atoms with Gasteiger partial charge in [0.1, 0.15) is 12.1 Å². The van der Waals surface area contributed by atoms with Crippen LogP contribution in [0.4, 0.5) is 5.82 Å². The van der Waals surface area contributed by atoms with Crippen LogP contribution in [0.15, 0.2) is 49.3 Å². The van der Waals surface area contributed by atoms with Crippen molar-refractivity contribution in [3.63, 3.8) is 0 Å². The predicted octanol–water partition coefficient (Wildman–Crippen LogP) is 1.80. The van der Waals surface area contributed by atoms with Crippen molar-refractivity contribution in [3.8, 4) is 16.9 Å². The number of hydrogen-bond donors (Lipinski definition) is 1. The minimum Gasteiger partial charge on any atom is -0.383 e. The summed E-state index contributed by atoms with van der Waals surface area (Å²) in [5, 5.41) is 5.12. The normalized spacial score (nSPS) is 11.1. The van der Waals surface area contributed by atoms with E-state index in [4.69, 9.17) is 5.73 Å². The van der Waals surface area contributed by atoms with Crippen LogP contribution in [-0.4, -0.2) is 29.3 Å². The molecule has 108 valence electrons. The maximum Gasteiger partial charge on any atom is 0.168 e. The molecule has 0 atom stereocenters. The van der Waals surface area contributed by atoms with E-state index >= 15 is 0 Å². The monoisotopic (exact) mass is 291 g/mol. The second kappa shape index (κ2) is 4.66. The van der Waals surface area contributed by atoms with Crippen LogP contribution in [0.25, 0.3) is 28.0 Å². The van der Waals surface area contributed by atoms with Gasteiger partial charge in [0, 0.05) is 18.8 Å². The smallest absolute Gasteiger partial charge is 0.168 e. The number of benzene rings is 1. The molecule has 0 saturated carbocycles. The molecule has 0 amide bonds. The highest BCUT2D eigenvalue weighted by atomic mass is 15.3. The van der Waals surface area contributed by atoms with Crippen LogP contribution >= 0.6 is 0 Å². The van der Waals surface area contributed by atoms with Gasteiger partial charge >= 0.3 is 0 Å². The third kappa shape index (κ3) is 1.91. The van der Waals surface area contributed by atoms with Gasteiger partial charge in [0.25, 0.3) is 0 Å². The maximum atomic E-state index is 5.85. The molecule has 3 aromatic heterocycles. The first kappa shape index (κ1) is 12.5. The number of nitrogens with two attached hydrogens (primary N) is 1. The van der Waals surface area contributed by atoms with Crippen LogP contribution in [0.5, 0.6) is 0 Å². The third-order valence-corrected chi connectivity index (χ3v) is 3.49. The number of imidazole rings is 1. The first-order chi connectivity index (χ1) is 10.7. The molecule has 0 bridgehead atoms. The molecule has 4 aromatic rings. The second-order valence-electron chi connectivity index (χ2n) is 5.03. The zero-order valence-electron chi connectivity index (χ0n) is 11.9. The zero-order chi connectivity index (χ0) is 15.1. The first-order valence-corrected chi connectivity index (χ1v) is 6.75. The second-order valence-corrected chi connectivity index (χ2v) is 5.03. The molecular weight excluding hydrogens is 278 g/mol. The van der Waals surface area contributed by atoms with Gasteiger partial charge in [0.15, 0.2) is 5.65 Å². The van der Waals surface area contributed by atoms with Crippen LogP contribution in [0.2, 0.25) is 0 Å². The molecule has 0 saturated heterocycles. The average molecular weight is 291 g/mol. The Morgan fingerprint density at radius 1 is 1.14 bits per heavy atom. The van der Waals surface area contributed by atoms with Gasteiger partial charge in [-0.25, -0.2) is 19.6 Å². The van der Waals surface area contributed by atoms with Crippen molar-refractivity contribution in [1.82, 2.24) is 29.3 Å². The highest BCUT2D eigenvalue weighted by molar-refractivity contribution is 5.85. The molecule has 22 heavy (non-hydrogen) atoms. The van der Waals surface area contributed by atoms with Crippen molar-refractivity contribution in [2.45, 2.75) is 0 Å². The minimum atomic E-state index is 0.428. The van der Waals surface area contributed by atoms with Gasteiger partial charge in [-0.15, -0.1) is 0 Å². The fourth-order valence-corrected chi connectivity index (χ4v) is 2.41. The van der Waals surface area contributed by atoms with Crippen molar-refractivity contribution >= 4 is 16.9 Å². The molecule has 0 radical (unpaired) electrons. The van der Waals surface area contributed by atoms with E-state index in [1.54, 1.807) is 17.2 Å². The summed E-state index contributed by atoms with van der Waals surface area (Å²) in [6.45, 7) is 0. The highest BCUT2D eigenvalue weighted by Crippen LogP contribution is 2.23. The summed E-state index contributed by atoms with van der Waals surface area (Å²) >= 11 is 0. The molecule has 2 N–H and O–H groups in total. The van der Waals surface area contributed by atoms with Gasteiger partial charge in [-0.2, -0.15) is 5.10 Å². The topological polar surface area (TPSA) is 87.4 Å². The molecule has 0 aliphatic carbocycles. The number of aryl methyl sites for hydroxylation is 1. The van der Waals surface area contributed by atoms with E-state index < -0.39 is 0 Å².